The summed E-state index contributed by atoms with van der Waals surface area (Å²) in [5, 5.41) is 0.624. The molecule has 158 valence electrons. The van der Waals surface area contributed by atoms with Crippen molar-refractivity contribution in [2.45, 2.75) is 32.0 Å². The Morgan fingerprint density at radius 3 is 2.68 bits per heavy atom. The van der Waals surface area contributed by atoms with Crippen LogP contribution in [0.2, 0.25) is 5.02 Å². The van der Waals surface area contributed by atoms with Gasteiger partial charge in [0.25, 0.3) is 5.56 Å². The Kier molecular flexibility index (Phi) is 5.21. The maximum Gasteiger partial charge on any atom is 0.337 e. The summed E-state index contributed by atoms with van der Waals surface area (Å²) in [5.74, 6) is 0. The van der Waals surface area contributed by atoms with E-state index in [0.29, 0.717) is 35.0 Å². The molecular formula is C23H21ClN4O3. The Hall–Kier alpha value is -3.16. The minimum atomic E-state index is -0.410. The van der Waals surface area contributed by atoms with Gasteiger partial charge in [-0.3, -0.25) is 9.36 Å². The molecule has 31 heavy (non-hydrogen) atoms. The van der Waals surface area contributed by atoms with Gasteiger partial charge in [0, 0.05) is 18.2 Å². The first-order valence-electron chi connectivity index (χ1n) is 10.2. The fourth-order valence-electron chi connectivity index (χ4n) is 4.09. The number of halogens is 1. The zero-order chi connectivity index (χ0) is 21.4. The van der Waals surface area contributed by atoms with Crippen LogP contribution in [0.4, 0.5) is 0 Å². The van der Waals surface area contributed by atoms with Gasteiger partial charge in [0.1, 0.15) is 0 Å². The van der Waals surface area contributed by atoms with Crippen molar-refractivity contribution < 1.29 is 4.74 Å². The first-order valence-corrected chi connectivity index (χ1v) is 10.6. The molecular weight excluding hydrogens is 416 g/mol. The molecule has 1 aliphatic heterocycles. The van der Waals surface area contributed by atoms with Crippen LogP contribution >= 0.6 is 11.6 Å². The van der Waals surface area contributed by atoms with E-state index in [9.17, 15) is 9.59 Å². The Labute approximate surface area is 183 Å². The van der Waals surface area contributed by atoms with Gasteiger partial charge in [0.15, 0.2) is 11.2 Å². The van der Waals surface area contributed by atoms with Crippen LogP contribution in [0.5, 0.6) is 0 Å². The van der Waals surface area contributed by atoms with Crippen LogP contribution in [0, 0.1) is 0 Å². The lowest BCUT2D eigenvalue weighted by Gasteiger charge is -2.15. The zero-order valence-electron chi connectivity index (χ0n) is 16.8. The quantitative estimate of drug-likeness (QED) is 0.481. The average Bonchev–Trinajstić information content (AvgIpc) is 3.42. The molecule has 0 unspecified atom stereocenters. The summed E-state index contributed by atoms with van der Waals surface area (Å²) in [4.78, 5) is 31.3. The van der Waals surface area contributed by atoms with Crippen molar-refractivity contribution in [1.29, 1.82) is 0 Å². The Morgan fingerprint density at radius 1 is 1.10 bits per heavy atom. The summed E-state index contributed by atoms with van der Waals surface area (Å²) in [7, 11) is 0. The Morgan fingerprint density at radius 2 is 1.94 bits per heavy atom. The number of imidazole rings is 1. The van der Waals surface area contributed by atoms with E-state index >= 15 is 0 Å². The third-order valence-electron chi connectivity index (χ3n) is 5.57. The van der Waals surface area contributed by atoms with Gasteiger partial charge in [0.2, 0.25) is 0 Å². The van der Waals surface area contributed by atoms with Crippen LogP contribution in [0.15, 0.2) is 70.5 Å². The molecule has 1 atom stereocenters. The van der Waals surface area contributed by atoms with Gasteiger partial charge in [-0.15, -0.1) is 0 Å². The van der Waals surface area contributed by atoms with Crippen LogP contribution in [0.25, 0.3) is 16.9 Å². The van der Waals surface area contributed by atoms with Crippen molar-refractivity contribution in [2.24, 2.45) is 0 Å². The molecule has 8 heteroatoms. The molecule has 0 bridgehead atoms. The molecule has 1 fully saturated rings. The predicted molar refractivity (Wildman–Crippen MR) is 119 cm³/mol. The van der Waals surface area contributed by atoms with Gasteiger partial charge in [-0.2, -0.15) is 0 Å². The fourth-order valence-corrected chi connectivity index (χ4v) is 4.31. The number of aromatic nitrogens is 4. The molecule has 1 saturated heterocycles. The summed E-state index contributed by atoms with van der Waals surface area (Å²) in [6, 6.07) is 16.7. The number of hydrogen-bond donors (Lipinski definition) is 0. The number of benzene rings is 2. The molecule has 0 amide bonds. The van der Waals surface area contributed by atoms with Gasteiger partial charge in [-0.05, 0) is 42.7 Å². The van der Waals surface area contributed by atoms with E-state index in [1.54, 1.807) is 17.0 Å². The van der Waals surface area contributed by atoms with Crippen LogP contribution in [0.3, 0.4) is 0 Å². The monoisotopic (exact) mass is 436 g/mol. The summed E-state index contributed by atoms with van der Waals surface area (Å²) >= 11 is 6.13. The van der Waals surface area contributed by atoms with Gasteiger partial charge < -0.3 is 9.30 Å². The molecule has 2 aromatic carbocycles. The van der Waals surface area contributed by atoms with Gasteiger partial charge in [-0.1, -0.05) is 41.9 Å². The highest BCUT2D eigenvalue weighted by Crippen LogP contribution is 2.18. The Balaban J connectivity index is 1.72. The second kappa shape index (κ2) is 8.17. The standard InChI is InChI=1S/C23H21ClN4O3/c24-17-7-4-6-16(12-17)13-26-15-25-21-20(26)22(29)27(14-19-10-5-11-31-19)23(30)28(21)18-8-2-1-3-9-18/h1-4,6-9,12,15,19H,5,10-11,13-14H2/t19-/m1/s1. The van der Waals surface area contributed by atoms with E-state index < -0.39 is 5.69 Å². The molecule has 0 spiro atoms. The van der Waals surface area contributed by atoms with Crippen LogP contribution in [0.1, 0.15) is 18.4 Å². The van der Waals surface area contributed by atoms with Crippen molar-refractivity contribution in [3.8, 4) is 5.69 Å². The second-order valence-corrected chi connectivity index (χ2v) is 8.12. The van der Waals surface area contributed by atoms with Gasteiger partial charge in [0.05, 0.1) is 24.7 Å². The van der Waals surface area contributed by atoms with Crippen LogP contribution in [-0.4, -0.2) is 31.4 Å². The van der Waals surface area contributed by atoms with Crippen LogP contribution in [-0.2, 0) is 17.8 Å². The summed E-state index contributed by atoms with van der Waals surface area (Å²) in [6.45, 7) is 1.29. The summed E-state index contributed by atoms with van der Waals surface area (Å²) in [6.07, 6.45) is 3.22. The predicted octanol–water partition coefficient (Wildman–Crippen LogP) is 3.23. The average molecular weight is 437 g/mol. The van der Waals surface area contributed by atoms with Crippen molar-refractivity contribution >= 4 is 22.8 Å². The number of rotatable bonds is 5. The molecule has 1 aliphatic rings. The van der Waals surface area contributed by atoms with Gasteiger partial charge in [-0.25, -0.2) is 14.3 Å². The number of fused-ring (bicyclic) bond motifs is 1. The number of para-hydroxylation sites is 1. The van der Waals surface area contributed by atoms with Crippen LogP contribution < -0.4 is 11.2 Å². The first-order chi connectivity index (χ1) is 15.1. The number of ether oxygens (including phenoxy) is 1. The molecule has 5 rings (SSSR count). The minimum absolute atomic E-state index is 0.142. The number of hydrogen-bond acceptors (Lipinski definition) is 4. The van der Waals surface area contributed by atoms with E-state index in [1.165, 1.54) is 9.13 Å². The van der Waals surface area contributed by atoms with E-state index in [4.69, 9.17) is 16.3 Å². The molecule has 0 aliphatic carbocycles. The molecule has 4 aromatic rings. The maximum absolute atomic E-state index is 13.5. The van der Waals surface area contributed by atoms with E-state index in [2.05, 4.69) is 4.98 Å². The third kappa shape index (κ3) is 3.71. The highest BCUT2D eigenvalue weighted by Gasteiger charge is 2.23. The summed E-state index contributed by atoms with van der Waals surface area (Å²) in [5.41, 5.74) is 1.54. The SMILES string of the molecule is O=c1c2c(ncn2Cc2cccc(Cl)c2)n(-c2ccccc2)c(=O)n1C[C@H]1CCCO1. The molecule has 0 radical (unpaired) electrons. The normalized spacial score (nSPS) is 16.2. The van der Waals surface area contributed by atoms with Crippen molar-refractivity contribution in [3.63, 3.8) is 0 Å². The fraction of sp³-hybridized carbons (Fsp3) is 0.261. The zero-order valence-corrected chi connectivity index (χ0v) is 17.5. The molecule has 2 aromatic heterocycles. The molecule has 0 N–H and O–H groups in total. The molecule has 7 nitrogen and oxygen atoms in total. The Bertz CT molecular complexity index is 1350. The second-order valence-electron chi connectivity index (χ2n) is 7.68. The van der Waals surface area contributed by atoms with E-state index in [-0.39, 0.29) is 18.2 Å². The lowest BCUT2D eigenvalue weighted by atomic mass is 10.2. The van der Waals surface area contributed by atoms with Gasteiger partial charge >= 0.3 is 5.69 Å². The smallest absolute Gasteiger partial charge is 0.337 e. The minimum Gasteiger partial charge on any atom is -0.376 e. The van der Waals surface area contributed by atoms with Crippen molar-refractivity contribution in [1.82, 2.24) is 18.7 Å². The van der Waals surface area contributed by atoms with Crippen molar-refractivity contribution in [3.05, 3.63) is 92.3 Å². The third-order valence-corrected chi connectivity index (χ3v) is 5.80. The highest BCUT2D eigenvalue weighted by molar-refractivity contribution is 6.30. The lowest BCUT2D eigenvalue weighted by Crippen LogP contribution is -2.42. The molecule has 3 heterocycles. The largest absolute Gasteiger partial charge is 0.376 e. The summed E-state index contributed by atoms with van der Waals surface area (Å²) < 4.78 is 10.3. The topological polar surface area (TPSA) is 71.0 Å². The first kappa shape index (κ1) is 19.8. The van der Waals surface area contributed by atoms with E-state index in [1.807, 2.05) is 48.5 Å². The maximum atomic E-state index is 13.5. The molecule has 0 saturated carbocycles. The highest BCUT2D eigenvalue weighted by atomic mass is 35.5. The number of nitrogens with zero attached hydrogens (tertiary/aromatic N) is 4. The van der Waals surface area contributed by atoms with Crippen molar-refractivity contribution in [2.75, 3.05) is 6.61 Å². The lowest BCUT2D eigenvalue weighted by molar-refractivity contribution is 0.0950. The van der Waals surface area contributed by atoms with E-state index in [0.717, 1.165) is 18.4 Å².